The van der Waals surface area contributed by atoms with Gasteiger partial charge in [0, 0.05) is 39.3 Å². The Kier molecular flexibility index (Phi) is 4.34. The normalized spacial score (nSPS) is 17.4. The Labute approximate surface area is 101 Å². The smallest absolute Gasteiger partial charge is 0.146 e. The number of anilines is 1. The van der Waals surface area contributed by atoms with Crippen LogP contribution in [0.15, 0.2) is 24.3 Å². The molecule has 1 aliphatic heterocycles. The lowest BCUT2D eigenvalue weighted by Gasteiger charge is -2.36. The molecule has 17 heavy (non-hydrogen) atoms. The zero-order valence-electron chi connectivity index (χ0n) is 9.98. The number of nitrogens with zero attached hydrogens (tertiary/aromatic N) is 2. The molecule has 0 saturated carbocycles. The second-order valence-electron chi connectivity index (χ2n) is 4.36. The highest BCUT2D eigenvalue weighted by atomic mass is 19.1. The highest BCUT2D eigenvalue weighted by Gasteiger charge is 2.18. The molecular formula is C13H19FN2O. The molecule has 1 N–H and O–H groups in total. The Morgan fingerprint density at radius 3 is 2.47 bits per heavy atom. The standard InChI is InChI=1S/C13H19FN2O/c14-12-4-1-2-5-13(12)16-9-7-15(8-10-16)6-3-11-17/h1-2,4-5,17H,3,6-11H2. The van der Waals surface area contributed by atoms with E-state index in [4.69, 9.17) is 5.11 Å². The number of rotatable bonds is 4. The molecule has 1 aromatic carbocycles. The minimum absolute atomic E-state index is 0.142. The SMILES string of the molecule is OCCCN1CCN(c2ccccc2F)CC1. The Morgan fingerprint density at radius 2 is 1.82 bits per heavy atom. The fraction of sp³-hybridized carbons (Fsp3) is 0.538. The average molecular weight is 238 g/mol. The highest BCUT2D eigenvalue weighted by Crippen LogP contribution is 2.19. The lowest BCUT2D eigenvalue weighted by atomic mass is 10.2. The highest BCUT2D eigenvalue weighted by molar-refractivity contribution is 5.47. The Bertz CT molecular complexity index is 351. The molecule has 1 aromatic rings. The fourth-order valence-corrected chi connectivity index (χ4v) is 2.21. The molecule has 0 bridgehead atoms. The molecule has 0 aromatic heterocycles. The summed E-state index contributed by atoms with van der Waals surface area (Å²) < 4.78 is 13.6. The zero-order valence-corrected chi connectivity index (χ0v) is 9.98. The van der Waals surface area contributed by atoms with Crippen molar-refractivity contribution in [3.63, 3.8) is 0 Å². The van der Waals surface area contributed by atoms with E-state index in [0.29, 0.717) is 5.69 Å². The van der Waals surface area contributed by atoms with Crippen LogP contribution in [0.2, 0.25) is 0 Å². The van der Waals surface area contributed by atoms with E-state index < -0.39 is 0 Å². The third-order valence-corrected chi connectivity index (χ3v) is 3.20. The quantitative estimate of drug-likeness (QED) is 0.857. The topological polar surface area (TPSA) is 26.7 Å². The summed E-state index contributed by atoms with van der Waals surface area (Å²) in [5, 5.41) is 8.78. The molecule has 0 atom stereocenters. The molecule has 1 aliphatic rings. The maximum absolute atomic E-state index is 13.6. The van der Waals surface area contributed by atoms with Gasteiger partial charge in [0.05, 0.1) is 5.69 Å². The molecule has 4 heteroatoms. The zero-order chi connectivity index (χ0) is 12.1. The Balaban J connectivity index is 1.89. The lowest BCUT2D eigenvalue weighted by molar-refractivity contribution is 0.215. The largest absolute Gasteiger partial charge is 0.396 e. The molecule has 2 rings (SSSR count). The van der Waals surface area contributed by atoms with Crippen molar-refractivity contribution in [1.29, 1.82) is 0 Å². The Hall–Kier alpha value is -1.13. The summed E-state index contributed by atoms with van der Waals surface area (Å²) in [7, 11) is 0. The van der Waals surface area contributed by atoms with Crippen molar-refractivity contribution in [2.45, 2.75) is 6.42 Å². The van der Waals surface area contributed by atoms with Gasteiger partial charge in [-0.3, -0.25) is 4.90 Å². The summed E-state index contributed by atoms with van der Waals surface area (Å²) in [5.41, 5.74) is 0.703. The minimum atomic E-state index is -0.142. The monoisotopic (exact) mass is 238 g/mol. The van der Waals surface area contributed by atoms with Gasteiger partial charge < -0.3 is 10.0 Å². The van der Waals surface area contributed by atoms with Gasteiger partial charge in [0.25, 0.3) is 0 Å². The lowest BCUT2D eigenvalue weighted by Crippen LogP contribution is -2.47. The first kappa shape index (κ1) is 12.3. The maximum Gasteiger partial charge on any atom is 0.146 e. The van der Waals surface area contributed by atoms with E-state index in [1.54, 1.807) is 6.07 Å². The van der Waals surface area contributed by atoms with Crippen molar-refractivity contribution in [1.82, 2.24) is 4.90 Å². The van der Waals surface area contributed by atoms with E-state index >= 15 is 0 Å². The van der Waals surface area contributed by atoms with Crippen LogP contribution < -0.4 is 4.90 Å². The Morgan fingerprint density at radius 1 is 1.12 bits per heavy atom. The van der Waals surface area contributed by atoms with E-state index in [-0.39, 0.29) is 12.4 Å². The van der Waals surface area contributed by atoms with Crippen LogP contribution in [0.25, 0.3) is 0 Å². The predicted molar refractivity (Wildman–Crippen MR) is 66.8 cm³/mol. The molecule has 1 fully saturated rings. The van der Waals surface area contributed by atoms with Gasteiger partial charge in [0.2, 0.25) is 0 Å². The summed E-state index contributed by atoms with van der Waals surface area (Å²) >= 11 is 0. The number of benzene rings is 1. The number of hydrogen-bond acceptors (Lipinski definition) is 3. The molecule has 0 aliphatic carbocycles. The first-order chi connectivity index (χ1) is 8.31. The number of halogens is 1. The molecule has 0 unspecified atom stereocenters. The number of hydrogen-bond donors (Lipinski definition) is 1. The summed E-state index contributed by atoms with van der Waals surface area (Å²) in [6.07, 6.45) is 0.819. The maximum atomic E-state index is 13.6. The second-order valence-corrected chi connectivity index (χ2v) is 4.36. The molecule has 94 valence electrons. The van der Waals surface area contributed by atoms with Crippen molar-refractivity contribution in [3.05, 3.63) is 30.1 Å². The van der Waals surface area contributed by atoms with Crippen molar-refractivity contribution >= 4 is 5.69 Å². The molecular weight excluding hydrogens is 219 g/mol. The van der Waals surface area contributed by atoms with Crippen LogP contribution in [0.5, 0.6) is 0 Å². The van der Waals surface area contributed by atoms with Crippen molar-refractivity contribution < 1.29 is 9.50 Å². The number of aliphatic hydroxyl groups is 1. The third-order valence-electron chi connectivity index (χ3n) is 3.20. The van der Waals surface area contributed by atoms with Gasteiger partial charge in [0.15, 0.2) is 0 Å². The third kappa shape index (κ3) is 3.17. The molecule has 3 nitrogen and oxygen atoms in total. The van der Waals surface area contributed by atoms with Gasteiger partial charge in [-0.2, -0.15) is 0 Å². The van der Waals surface area contributed by atoms with Crippen LogP contribution in [-0.2, 0) is 0 Å². The van der Waals surface area contributed by atoms with Crippen LogP contribution in [0.3, 0.4) is 0 Å². The number of aliphatic hydroxyl groups excluding tert-OH is 1. The molecule has 0 amide bonds. The van der Waals surface area contributed by atoms with Crippen LogP contribution in [0.1, 0.15) is 6.42 Å². The average Bonchev–Trinajstić information content (AvgIpc) is 2.38. The summed E-state index contributed by atoms with van der Waals surface area (Å²) in [4.78, 5) is 4.40. The molecule has 1 heterocycles. The van der Waals surface area contributed by atoms with Gasteiger partial charge in [0.1, 0.15) is 5.82 Å². The van der Waals surface area contributed by atoms with E-state index in [9.17, 15) is 4.39 Å². The van der Waals surface area contributed by atoms with Crippen LogP contribution in [0.4, 0.5) is 10.1 Å². The number of piperazine rings is 1. The van der Waals surface area contributed by atoms with Crippen LogP contribution in [0, 0.1) is 5.82 Å². The first-order valence-electron chi connectivity index (χ1n) is 6.14. The fourth-order valence-electron chi connectivity index (χ4n) is 2.21. The second kappa shape index (κ2) is 5.98. The van der Waals surface area contributed by atoms with Gasteiger partial charge in [-0.1, -0.05) is 12.1 Å². The van der Waals surface area contributed by atoms with E-state index in [0.717, 1.165) is 39.1 Å². The van der Waals surface area contributed by atoms with E-state index in [2.05, 4.69) is 9.80 Å². The van der Waals surface area contributed by atoms with Crippen LogP contribution in [-0.4, -0.2) is 49.3 Å². The molecule has 1 saturated heterocycles. The van der Waals surface area contributed by atoms with Gasteiger partial charge in [-0.25, -0.2) is 4.39 Å². The summed E-state index contributed by atoms with van der Waals surface area (Å²) in [6.45, 7) is 4.76. The predicted octanol–water partition coefficient (Wildman–Crippen LogP) is 1.33. The molecule has 0 radical (unpaired) electrons. The van der Waals surface area contributed by atoms with Crippen molar-refractivity contribution in [2.24, 2.45) is 0 Å². The summed E-state index contributed by atoms with van der Waals surface area (Å²) in [6, 6.07) is 6.93. The van der Waals surface area contributed by atoms with Crippen LogP contribution >= 0.6 is 0 Å². The molecule has 0 spiro atoms. The van der Waals surface area contributed by atoms with Gasteiger partial charge in [-0.05, 0) is 18.6 Å². The van der Waals surface area contributed by atoms with Gasteiger partial charge in [-0.15, -0.1) is 0 Å². The summed E-state index contributed by atoms with van der Waals surface area (Å²) in [5.74, 6) is -0.142. The first-order valence-corrected chi connectivity index (χ1v) is 6.14. The van der Waals surface area contributed by atoms with E-state index in [1.165, 1.54) is 6.07 Å². The van der Waals surface area contributed by atoms with Crippen molar-refractivity contribution in [2.75, 3.05) is 44.2 Å². The minimum Gasteiger partial charge on any atom is -0.396 e. The van der Waals surface area contributed by atoms with Gasteiger partial charge >= 0.3 is 0 Å². The number of para-hydroxylation sites is 1. The van der Waals surface area contributed by atoms with E-state index in [1.807, 2.05) is 12.1 Å². The van der Waals surface area contributed by atoms with Crippen molar-refractivity contribution in [3.8, 4) is 0 Å².